The molecule has 1 aliphatic heterocycles. The Kier molecular flexibility index (Phi) is 3.28. The Labute approximate surface area is 77.3 Å². The summed E-state index contributed by atoms with van der Waals surface area (Å²) >= 11 is 0. The minimum Gasteiger partial charge on any atom is -0.481 e. The number of nitrogens with one attached hydrogen (secondary N) is 1. The van der Waals surface area contributed by atoms with Crippen molar-refractivity contribution in [3.05, 3.63) is 0 Å². The van der Waals surface area contributed by atoms with Crippen LogP contribution in [0.4, 0.5) is 0 Å². The van der Waals surface area contributed by atoms with Gasteiger partial charge in [0.2, 0.25) is 5.91 Å². The predicted octanol–water partition coefficient (Wildman–Crippen LogP) is 0.623. The molecular weight excluding hydrogens is 170 g/mol. The molecule has 0 aromatic rings. The maximum Gasteiger partial charge on any atom is 0.306 e. The molecule has 0 spiro atoms. The third-order valence-corrected chi connectivity index (χ3v) is 2.46. The highest BCUT2D eigenvalue weighted by atomic mass is 16.4. The summed E-state index contributed by atoms with van der Waals surface area (Å²) in [4.78, 5) is 21.5. The molecule has 4 nitrogen and oxygen atoms in total. The van der Waals surface area contributed by atoms with Crippen molar-refractivity contribution in [1.29, 1.82) is 0 Å². The van der Waals surface area contributed by atoms with Crippen molar-refractivity contribution in [2.45, 2.75) is 26.2 Å². The fraction of sp³-hybridized carbons (Fsp3) is 0.778. The van der Waals surface area contributed by atoms with Gasteiger partial charge in [0.25, 0.3) is 0 Å². The molecular formula is C9H15NO3. The van der Waals surface area contributed by atoms with Crippen LogP contribution in [0, 0.1) is 11.8 Å². The van der Waals surface area contributed by atoms with E-state index in [2.05, 4.69) is 5.32 Å². The van der Waals surface area contributed by atoms with Crippen LogP contribution in [-0.2, 0) is 9.59 Å². The van der Waals surface area contributed by atoms with Crippen LogP contribution < -0.4 is 5.32 Å². The number of aliphatic carboxylic acids is 1. The van der Waals surface area contributed by atoms with Gasteiger partial charge in [-0.3, -0.25) is 9.59 Å². The number of carboxylic acid groups (broad SMARTS) is 1. The van der Waals surface area contributed by atoms with E-state index in [0.29, 0.717) is 19.4 Å². The summed E-state index contributed by atoms with van der Waals surface area (Å²) in [5, 5.41) is 11.4. The number of hydrogen-bond acceptors (Lipinski definition) is 2. The molecule has 1 fully saturated rings. The minimum atomic E-state index is -0.772. The lowest BCUT2D eigenvalue weighted by Gasteiger charge is -2.23. The third-order valence-electron chi connectivity index (χ3n) is 2.46. The molecule has 0 aliphatic carbocycles. The van der Waals surface area contributed by atoms with E-state index in [0.717, 1.165) is 6.42 Å². The van der Waals surface area contributed by atoms with Gasteiger partial charge in [-0.25, -0.2) is 0 Å². The van der Waals surface area contributed by atoms with Gasteiger partial charge in [-0.15, -0.1) is 0 Å². The highest BCUT2D eigenvalue weighted by Gasteiger charge is 2.23. The first kappa shape index (κ1) is 10.0. The smallest absolute Gasteiger partial charge is 0.306 e. The van der Waals surface area contributed by atoms with E-state index in [1.165, 1.54) is 0 Å². The Morgan fingerprint density at radius 3 is 3.00 bits per heavy atom. The van der Waals surface area contributed by atoms with Crippen molar-refractivity contribution in [2.24, 2.45) is 11.8 Å². The molecule has 0 aromatic carbocycles. The second kappa shape index (κ2) is 4.25. The van der Waals surface area contributed by atoms with Crippen molar-refractivity contribution >= 4 is 11.9 Å². The highest BCUT2D eigenvalue weighted by Crippen LogP contribution is 2.21. The van der Waals surface area contributed by atoms with Crippen LogP contribution in [0.2, 0.25) is 0 Å². The van der Waals surface area contributed by atoms with Crippen LogP contribution in [0.5, 0.6) is 0 Å². The Balaban J connectivity index is 2.35. The lowest BCUT2D eigenvalue weighted by atomic mass is 9.88. The summed E-state index contributed by atoms with van der Waals surface area (Å²) in [7, 11) is 0. The molecule has 13 heavy (non-hydrogen) atoms. The van der Waals surface area contributed by atoms with Crippen molar-refractivity contribution in [3.8, 4) is 0 Å². The van der Waals surface area contributed by atoms with Crippen LogP contribution in [-0.4, -0.2) is 23.5 Å². The van der Waals surface area contributed by atoms with Crippen molar-refractivity contribution in [1.82, 2.24) is 5.32 Å². The molecule has 0 saturated carbocycles. The van der Waals surface area contributed by atoms with Crippen LogP contribution >= 0.6 is 0 Å². The second-order valence-corrected chi connectivity index (χ2v) is 3.68. The van der Waals surface area contributed by atoms with Gasteiger partial charge in [0, 0.05) is 13.0 Å². The summed E-state index contributed by atoms with van der Waals surface area (Å²) in [6, 6.07) is 0. The molecule has 1 saturated heterocycles. The fourth-order valence-corrected chi connectivity index (χ4v) is 1.65. The molecule has 1 aliphatic rings. The zero-order valence-corrected chi connectivity index (χ0v) is 7.75. The number of amides is 1. The Hall–Kier alpha value is -1.06. The first-order valence-corrected chi connectivity index (χ1v) is 4.59. The molecule has 74 valence electrons. The van der Waals surface area contributed by atoms with E-state index < -0.39 is 5.97 Å². The Bertz CT molecular complexity index is 215. The van der Waals surface area contributed by atoms with E-state index in [4.69, 9.17) is 5.11 Å². The topological polar surface area (TPSA) is 66.4 Å². The van der Waals surface area contributed by atoms with Gasteiger partial charge in [-0.05, 0) is 18.8 Å². The fourth-order valence-electron chi connectivity index (χ4n) is 1.65. The molecule has 1 heterocycles. The monoisotopic (exact) mass is 185 g/mol. The number of carbonyl (C=O) groups excluding carboxylic acids is 1. The second-order valence-electron chi connectivity index (χ2n) is 3.68. The maximum absolute atomic E-state index is 11.0. The zero-order valence-electron chi connectivity index (χ0n) is 7.75. The van der Waals surface area contributed by atoms with Crippen LogP contribution in [0.15, 0.2) is 0 Å². The van der Waals surface area contributed by atoms with E-state index >= 15 is 0 Å². The summed E-state index contributed by atoms with van der Waals surface area (Å²) in [6.45, 7) is 2.38. The average molecular weight is 185 g/mol. The standard InChI is InChI=1S/C9H15NO3/c1-6(9(12)13)4-7-2-3-10-8(11)5-7/h6-7H,2-5H2,1H3,(H,10,11)(H,12,13). The van der Waals surface area contributed by atoms with E-state index in [1.807, 2.05) is 0 Å². The van der Waals surface area contributed by atoms with Crippen molar-refractivity contribution in [2.75, 3.05) is 6.54 Å². The molecule has 2 N–H and O–H groups in total. The van der Waals surface area contributed by atoms with E-state index in [1.54, 1.807) is 6.92 Å². The van der Waals surface area contributed by atoms with Gasteiger partial charge in [0.1, 0.15) is 0 Å². The molecule has 2 atom stereocenters. The van der Waals surface area contributed by atoms with Crippen LogP contribution in [0.3, 0.4) is 0 Å². The molecule has 4 heteroatoms. The molecule has 2 unspecified atom stereocenters. The molecule has 0 bridgehead atoms. The van der Waals surface area contributed by atoms with Crippen LogP contribution in [0.25, 0.3) is 0 Å². The summed E-state index contributed by atoms with van der Waals surface area (Å²) < 4.78 is 0. The third kappa shape index (κ3) is 3.05. The first-order valence-electron chi connectivity index (χ1n) is 4.59. The normalized spacial score (nSPS) is 25.0. The highest BCUT2D eigenvalue weighted by molar-refractivity contribution is 5.77. The quantitative estimate of drug-likeness (QED) is 0.677. The number of carboxylic acids is 1. The first-order chi connectivity index (χ1) is 6.09. The number of piperidine rings is 1. The van der Waals surface area contributed by atoms with Gasteiger partial charge in [0.15, 0.2) is 0 Å². The lowest BCUT2D eigenvalue weighted by Crippen LogP contribution is -2.34. The minimum absolute atomic E-state index is 0.0499. The van der Waals surface area contributed by atoms with Gasteiger partial charge < -0.3 is 10.4 Å². The lowest BCUT2D eigenvalue weighted by molar-refractivity contribution is -0.142. The van der Waals surface area contributed by atoms with Crippen LogP contribution in [0.1, 0.15) is 26.2 Å². The molecule has 0 radical (unpaired) electrons. The van der Waals surface area contributed by atoms with Gasteiger partial charge in [-0.2, -0.15) is 0 Å². The number of hydrogen-bond donors (Lipinski definition) is 2. The van der Waals surface area contributed by atoms with Crippen molar-refractivity contribution in [3.63, 3.8) is 0 Å². The number of rotatable bonds is 3. The number of carbonyl (C=O) groups is 2. The van der Waals surface area contributed by atoms with E-state index in [-0.39, 0.29) is 17.7 Å². The molecule has 1 amide bonds. The maximum atomic E-state index is 11.0. The zero-order chi connectivity index (χ0) is 9.84. The van der Waals surface area contributed by atoms with Gasteiger partial charge in [-0.1, -0.05) is 6.92 Å². The Morgan fingerprint density at radius 2 is 2.46 bits per heavy atom. The molecule has 0 aromatic heterocycles. The summed E-state index contributed by atoms with van der Waals surface area (Å²) in [6.07, 6.45) is 2.00. The SMILES string of the molecule is CC(CC1CCNC(=O)C1)C(=O)O. The van der Waals surface area contributed by atoms with Gasteiger partial charge >= 0.3 is 5.97 Å². The predicted molar refractivity (Wildman–Crippen MR) is 47.2 cm³/mol. The summed E-state index contributed by atoms with van der Waals surface area (Å²) in [5.74, 6) is -0.810. The average Bonchev–Trinajstić information content (AvgIpc) is 2.04. The van der Waals surface area contributed by atoms with Gasteiger partial charge in [0.05, 0.1) is 5.92 Å². The van der Waals surface area contributed by atoms with E-state index in [9.17, 15) is 9.59 Å². The largest absolute Gasteiger partial charge is 0.481 e. The summed E-state index contributed by atoms with van der Waals surface area (Å²) in [5.41, 5.74) is 0. The Morgan fingerprint density at radius 1 is 1.77 bits per heavy atom. The van der Waals surface area contributed by atoms with Crippen molar-refractivity contribution < 1.29 is 14.7 Å². The molecule has 1 rings (SSSR count).